The van der Waals surface area contributed by atoms with Crippen molar-refractivity contribution in [3.63, 3.8) is 0 Å². The molecule has 2 aromatic carbocycles. The SMILES string of the molecule is COc1cc(N)c(Cl)cc1-c1nc2cc(Cl)cc(C)c2o1. The van der Waals surface area contributed by atoms with Crippen LogP contribution in [0.15, 0.2) is 28.7 Å². The molecule has 2 N–H and O–H groups in total. The first kappa shape index (κ1) is 14.0. The molecular weight excluding hydrogens is 311 g/mol. The van der Waals surface area contributed by atoms with Crippen LogP contribution in [0.25, 0.3) is 22.6 Å². The van der Waals surface area contributed by atoms with Gasteiger partial charge in [0.1, 0.15) is 11.3 Å². The van der Waals surface area contributed by atoms with Gasteiger partial charge in [-0.25, -0.2) is 4.98 Å². The molecule has 0 aliphatic heterocycles. The lowest BCUT2D eigenvalue weighted by Gasteiger charge is -2.07. The van der Waals surface area contributed by atoms with Crippen LogP contribution in [0.3, 0.4) is 0 Å². The maximum absolute atomic E-state index is 6.08. The molecule has 0 fully saturated rings. The molecule has 0 unspecified atom stereocenters. The summed E-state index contributed by atoms with van der Waals surface area (Å²) in [4.78, 5) is 4.45. The van der Waals surface area contributed by atoms with Gasteiger partial charge in [-0.1, -0.05) is 23.2 Å². The molecule has 0 saturated carbocycles. The van der Waals surface area contributed by atoms with E-state index in [0.29, 0.717) is 44.0 Å². The van der Waals surface area contributed by atoms with Crippen molar-refractivity contribution in [2.45, 2.75) is 6.92 Å². The number of methoxy groups -OCH3 is 1. The first-order valence-electron chi connectivity index (χ1n) is 6.19. The molecule has 21 heavy (non-hydrogen) atoms. The molecule has 0 amide bonds. The van der Waals surface area contributed by atoms with Crippen molar-refractivity contribution in [3.8, 4) is 17.2 Å². The molecule has 0 bridgehead atoms. The molecule has 4 nitrogen and oxygen atoms in total. The number of anilines is 1. The molecule has 3 rings (SSSR count). The summed E-state index contributed by atoms with van der Waals surface area (Å²) in [6.45, 7) is 1.91. The highest BCUT2D eigenvalue weighted by Gasteiger charge is 2.16. The number of hydrogen-bond donors (Lipinski definition) is 1. The summed E-state index contributed by atoms with van der Waals surface area (Å²) in [6, 6.07) is 6.90. The molecule has 1 heterocycles. The number of benzene rings is 2. The summed E-state index contributed by atoms with van der Waals surface area (Å²) in [5, 5.41) is 1.03. The molecule has 0 saturated heterocycles. The van der Waals surface area contributed by atoms with Crippen molar-refractivity contribution < 1.29 is 9.15 Å². The van der Waals surface area contributed by atoms with Gasteiger partial charge in [-0.2, -0.15) is 0 Å². The normalized spacial score (nSPS) is 11.0. The van der Waals surface area contributed by atoms with Crippen LogP contribution in [0, 0.1) is 6.92 Å². The van der Waals surface area contributed by atoms with Crippen LogP contribution in [0.5, 0.6) is 5.75 Å². The van der Waals surface area contributed by atoms with Crippen LogP contribution < -0.4 is 10.5 Å². The molecule has 0 aliphatic carbocycles. The minimum atomic E-state index is 0.411. The average molecular weight is 323 g/mol. The van der Waals surface area contributed by atoms with Gasteiger partial charge in [0, 0.05) is 11.1 Å². The molecule has 0 atom stereocenters. The highest BCUT2D eigenvalue weighted by molar-refractivity contribution is 6.33. The number of ether oxygens (including phenoxy) is 1. The molecule has 108 valence electrons. The molecule has 0 aliphatic rings. The average Bonchev–Trinajstić information content (AvgIpc) is 2.85. The Balaban J connectivity index is 2.25. The minimum Gasteiger partial charge on any atom is -0.496 e. The van der Waals surface area contributed by atoms with Crippen LogP contribution in [0.4, 0.5) is 5.69 Å². The monoisotopic (exact) mass is 322 g/mol. The minimum absolute atomic E-state index is 0.411. The highest BCUT2D eigenvalue weighted by atomic mass is 35.5. The van der Waals surface area contributed by atoms with Gasteiger partial charge in [-0.15, -0.1) is 0 Å². The zero-order valence-corrected chi connectivity index (χ0v) is 12.9. The van der Waals surface area contributed by atoms with E-state index < -0.39 is 0 Å². The van der Waals surface area contributed by atoms with Gasteiger partial charge in [0.2, 0.25) is 5.89 Å². The molecule has 1 aromatic heterocycles. The van der Waals surface area contributed by atoms with Crippen molar-refractivity contribution in [2.75, 3.05) is 12.8 Å². The van der Waals surface area contributed by atoms with E-state index in [4.69, 9.17) is 38.1 Å². The van der Waals surface area contributed by atoms with E-state index in [1.165, 1.54) is 0 Å². The van der Waals surface area contributed by atoms with Gasteiger partial charge >= 0.3 is 0 Å². The fraction of sp³-hybridized carbons (Fsp3) is 0.133. The summed E-state index contributed by atoms with van der Waals surface area (Å²) in [5.41, 5.74) is 9.14. The molecular formula is C15H12Cl2N2O2. The Hall–Kier alpha value is -1.91. The number of oxazole rings is 1. The van der Waals surface area contributed by atoms with Crippen LogP contribution in [0.2, 0.25) is 10.0 Å². The number of nitrogens with zero attached hydrogens (tertiary/aromatic N) is 1. The van der Waals surface area contributed by atoms with Crippen molar-refractivity contribution in [1.29, 1.82) is 0 Å². The number of aromatic nitrogens is 1. The Bertz CT molecular complexity index is 843. The fourth-order valence-electron chi connectivity index (χ4n) is 2.18. The summed E-state index contributed by atoms with van der Waals surface area (Å²) in [6.07, 6.45) is 0. The molecule has 0 spiro atoms. The second-order valence-electron chi connectivity index (χ2n) is 4.66. The van der Waals surface area contributed by atoms with E-state index in [2.05, 4.69) is 4.98 Å². The third kappa shape index (κ3) is 2.41. The highest BCUT2D eigenvalue weighted by Crippen LogP contribution is 2.37. The van der Waals surface area contributed by atoms with Gasteiger partial charge in [-0.3, -0.25) is 0 Å². The Morgan fingerprint density at radius 1 is 1.19 bits per heavy atom. The zero-order chi connectivity index (χ0) is 15.1. The maximum atomic E-state index is 6.08. The van der Waals surface area contributed by atoms with Gasteiger partial charge in [0.05, 0.1) is 23.4 Å². The first-order chi connectivity index (χ1) is 9.99. The Morgan fingerprint density at radius 2 is 1.95 bits per heavy atom. The lowest BCUT2D eigenvalue weighted by atomic mass is 10.2. The summed E-state index contributed by atoms with van der Waals surface area (Å²) in [5.74, 6) is 0.960. The van der Waals surface area contributed by atoms with Crippen molar-refractivity contribution in [3.05, 3.63) is 39.9 Å². The van der Waals surface area contributed by atoms with Crippen LogP contribution >= 0.6 is 23.2 Å². The van der Waals surface area contributed by atoms with Gasteiger partial charge in [0.15, 0.2) is 5.58 Å². The van der Waals surface area contributed by atoms with Crippen LogP contribution in [-0.4, -0.2) is 12.1 Å². The maximum Gasteiger partial charge on any atom is 0.231 e. The zero-order valence-electron chi connectivity index (χ0n) is 11.4. The second kappa shape index (κ2) is 5.13. The first-order valence-corrected chi connectivity index (χ1v) is 6.95. The standard InChI is InChI=1S/C15H12Cl2N2O2/c1-7-3-8(16)4-12-14(7)21-15(19-12)9-5-10(17)11(18)6-13(9)20-2/h3-6H,18H2,1-2H3. The largest absolute Gasteiger partial charge is 0.496 e. The number of fused-ring (bicyclic) bond motifs is 1. The summed E-state index contributed by atoms with van der Waals surface area (Å²) < 4.78 is 11.1. The lowest BCUT2D eigenvalue weighted by Crippen LogP contribution is -1.93. The third-order valence-electron chi connectivity index (χ3n) is 3.19. The van der Waals surface area contributed by atoms with E-state index in [-0.39, 0.29) is 0 Å². The number of rotatable bonds is 2. The van der Waals surface area contributed by atoms with Gasteiger partial charge < -0.3 is 14.9 Å². The summed E-state index contributed by atoms with van der Waals surface area (Å²) >= 11 is 12.1. The Labute approximate surface area is 131 Å². The second-order valence-corrected chi connectivity index (χ2v) is 5.51. The summed E-state index contributed by atoms with van der Waals surface area (Å²) in [7, 11) is 1.55. The van der Waals surface area contributed by atoms with Crippen molar-refractivity contribution >= 4 is 40.0 Å². The Kier molecular flexibility index (Phi) is 3.43. The smallest absolute Gasteiger partial charge is 0.231 e. The van der Waals surface area contributed by atoms with Crippen LogP contribution in [0.1, 0.15) is 5.56 Å². The number of nitrogen functional groups attached to an aromatic ring is 1. The van der Waals surface area contributed by atoms with E-state index in [0.717, 1.165) is 5.56 Å². The number of aryl methyl sites for hydroxylation is 1. The van der Waals surface area contributed by atoms with Gasteiger partial charge in [0.25, 0.3) is 0 Å². The lowest BCUT2D eigenvalue weighted by molar-refractivity contribution is 0.415. The van der Waals surface area contributed by atoms with E-state index >= 15 is 0 Å². The fourth-order valence-corrected chi connectivity index (χ4v) is 2.61. The Morgan fingerprint density at radius 3 is 2.67 bits per heavy atom. The topological polar surface area (TPSA) is 61.3 Å². The van der Waals surface area contributed by atoms with Crippen molar-refractivity contribution in [1.82, 2.24) is 4.98 Å². The van der Waals surface area contributed by atoms with E-state index in [1.807, 2.05) is 13.0 Å². The van der Waals surface area contributed by atoms with Crippen LogP contribution in [-0.2, 0) is 0 Å². The van der Waals surface area contributed by atoms with Crippen molar-refractivity contribution in [2.24, 2.45) is 0 Å². The molecule has 3 aromatic rings. The van der Waals surface area contributed by atoms with Gasteiger partial charge in [-0.05, 0) is 30.7 Å². The number of halogens is 2. The third-order valence-corrected chi connectivity index (χ3v) is 3.74. The molecule has 0 radical (unpaired) electrons. The predicted octanol–water partition coefficient (Wildman–Crippen LogP) is 4.70. The number of nitrogens with two attached hydrogens (primary N) is 1. The molecule has 6 heteroatoms. The van der Waals surface area contributed by atoms with E-state index in [9.17, 15) is 0 Å². The number of hydrogen-bond acceptors (Lipinski definition) is 4. The van der Waals surface area contributed by atoms with E-state index in [1.54, 1.807) is 25.3 Å². The quantitative estimate of drug-likeness (QED) is 0.694. The predicted molar refractivity (Wildman–Crippen MR) is 85.2 cm³/mol.